The molecular weight excluding hydrogens is 528 g/mol. The highest BCUT2D eigenvalue weighted by Crippen LogP contribution is 2.30. The zero-order valence-electron chi connectivity index (χ0n) is 22.3. The van der Waals surface area contributed by atoms with Crippen LogP contribution in [0.3, 0.4) is 0 Å². The predicted octanol–water partition coefficient (Wildman–Crippen LogP) is 4.20. The van der Waals surface area contributed by atoms with Crippen LogP contribution in [0.2, 0.25) is 5.02 Å². The lowest BCUT2D eigenvalue weighted by molar-refractivity contribution is -0.0364. The number of rotatable bonds is 7. The number of aryl methyl sites for hydroxylation is 1. The number of fused-ring (bicyclic) bond motifs is 1. The monoisotopic (exact) mass is 558 g/mol. The van der Waals surface area contributed by atoms with Crippen molar-refractivity contribution in [2.24, 2.45) is 12.8 Å². The fourth-order valence-corrected chi connectivity index (χ4v) is 5.69. The van der Waals surface area contributed by atoms with Gasteiger partial charge in [0.2, 0.25) is 0 Å². The first-order chi connectivity index (χ1) is 19.3. The van der Waals surface area contributed by atoms with E-state index in [1.807, 2.05) is 54.6 Å². The molecule has 0 unspecified atom stereocenters. The number of benzene rings is 2. The van der Waals surface area contributed by atoms with E-state index >= 15 is 0 Å². The summed E-state index contributed by atoms with van der Waals surface area (Å²) in [6, 6.07) is 17.6. The molecule has 206 valence electrons. The molecule has 2 aromatic carbocycles. The predicted molar refractivity (Wildman–Crippen MR) is 155 cm³/mol. The van der Waals surface area contributed by atoms with Gasteiger partial charge in [-0.3, -0.25) is 18.9 Å². The van der Waals surface area contributed by atoms with Crippen molar-refractivity contribution in [3.63, 3.8) is 0 Å². The summed E-state index contributed by atoms with van der Waals surface area (Å²) >= 11 is 6.58. The Morgan fingerprint density at radius 3 is 2.50 bits per heavy atom. The molecule has 1 fully saturated rings. The van der Waals surface area contributed by atoms with Crippen molar-refractivity contribution in [2.45, 2.75) is 38.1 Å². The van der Waals surface area contributed by atoms with Crippen LogP contribution in [0.5, 0.6) is 0 Å². The summed E-state index contributed by atoms with van der Waals surface area (Å²) in [4.78, 5) is 20.3. The van der Waals surface area contributed by atoms with Crippen LogP contribution in [0, 0.1) is 0 Å². The number of likely N-dealkylation sites (tertiary alicyclic amines) is 1. The molecule has 5 aromatic rings. The molecule has 0 atom stereocenters. The van der Waals surface area contributed by atoms with E-state index in [9.17, 15) is 9.90 Å². The first-order valence-corrected chi connectivity index (χ1v) is 13.7. The second kappa shape index (κ2) is 10.7. The van der Waals surface area contributed by atoms with Gasteiger partial charge in [0.25, 0.3) is 5.56 Å². The summed E-state index contributed by atoms with van der Waals surface area (Å²) in [6.07, 6.45) is 4.22. The molecule has 0 aliphatic carbocycles. The average Bonchev–Trinajstić information content (AvgIpc) is 3.61. The van der Waals surface area contributed by atoms with Crippen LogP contribution in [-0.4, -0.2) is 48.0 Å². The molecule has 0 saturated carbocycles. The van der Waals surface area contributed by atoms with Crippen molar-refractivity contribution in [1.29, 1.82) is 0 Å². The van der Waals surface area contributed by atoms with Gasteiger partial charge in [0.15, 0.2) is 5.52 Å². The maximum absolute atomic E-state index is 13.4. The van der Waals surface area contributed by atoms with E-state index in [0.29, 0.717) is 49.6 Å². The van der Waals surface area contributed by atoms with Crippen LogP contribution in [0.15, 0.2) is 76.4 Å². The van der Waals surface area contributed by atoms with E-state index < -0.39 is 5.60 Å². The maximum atomic E-state index is 13.4. The highest BCUT2D eigenvalue weighted by molar-refractivity contribution is 6.31. The molecular formula is C30H31ClN6O3. The Kier molecular flexibility index (Phi) is 7.06. The van der Waals surface area contributed by atoms with Crippen LogP contribution >= 0.6 is 11.6 Å². The van der Waals surface area contributed by atoms with Crippen LogP contribution in [0.25, 0.3) is 33.6 Å². The zero-order chi connectivity index (χ0) is 27.9. The molecule has 9 nitrogen and oxygen atoms in total. The van der Waals surface area contributed by atoms with Crippen molar-refractivity contribution < 1.29 is 9.52 Å². The third-order valence-corrected chi connectivity index (χ3v) is 8.13. The highest BCUT2D eigenvalue weighted by atomic mass is 35.5. The third-order valence-electron chi connectivity index (χ3n) is 7.78. The second-order valence-corrected chi connectivity index (χ2v) is 10.9. The van der Waals surface area contributed by atoms with Crippen molar-refractivity contribution in [1.82, 2.24) is 24.2 Å². The number of hydrogen-bond acceptors (Lipinski definition) is 7. The van der Waals surface area contributed by atoms with Gasteiger partial charge in [-0.1, -0.05) is 48.0 Å². The molecule has 4 heterocycles. The van der Waals surface area contributed by atoms with E-state index in [1.165, 1.54) is 10.9 Å². The number of nitrogens with two attached hydrogens (primary N) is 1. The van der Waals surface area contributed by atoms with Gasteiger partial charge < -0.3 is 15.3 Å². The van der Waals surface area contributed by atoms with E-state index in [2.05, 4.69) is 15.0 Å². The lowest BCUT2D eigenvalue weighted by atomic mass is 9.91. The van der Waals surface area contributed by atoms with Gasteiger partial charge in [0, 0.05) is 49.4 Å². The standard InChI is InChI=1S/C30H31ClN6O3/c1-35-28(21-6-4-20(16-32)5-7-21)26-27(34-35)29(38)37(19-33-26)18-30(39)10-12-36(13-11-30)17-23-9-8-22(15-24(23)31)25-3-2-14-40-25/h2-9,14-15,19,39H,10-13,16-18,32H2,1H3. The van der Waals surface area contributed by atoms with Crippen LogP contribution in [0.4, 0.5) is 0 Å². The average molecular weight is 559 g/mol. The van der Waals surface area contributed by atoms with Crippen LogP contribution in [-0.2, 0) is 26.7 Å². The molecule has 0 bridgehead atoms. The summed E-state index contributed by atoms with van der Waals surface area (Å²) in [5.74, 6) is 0.780. The minimum Gasteiger partial charge on any atom is -0.464 e. The summed E-state index contributed by atoms with van der Waals surface area (Å²) in [5.41, 5.74) is 9.95. The van der Waals surface area contributed by atoms with Gasteiger partial charge in [-0.2, -0.15) is 5.10 Å². The summed E-state index contributed by atoms with van der Waals surface area (Å²) < 4.78 is 8.63. The van der Waals surface area contributed by atoms with Gasteiger partial charge in [0.1, 0.15) is 11.3 Å². The Labute approximate surface area is 236 Å². The Hall–Kier alpha value is -3.76. The zero-order valence-corrected chi connectivity index (χ0v) is 23.0. The Morgan fingerprint density at radius 1 is 1.07 bits per heavy atom. The number of hydrogen-bond donors (Lipinski definition) is 2. The van der Waals surface area contributed by atoms with Gasteiger partial charge in [-0.05, 0) is 42.2 Å². The molecule has 3 N–H and O–H groups in total. The van der Waals surface area contributed by atoms with Crippen molar-refractivity contribution in [3.8, 4) is 22.6 Å². The molecule has 0 radical (unpaired) electrons. The van der Waals surface area contributed by atoms with Gasteiger partial charge in [0.05, 0.1) is 30.4 Å². The molecule has 6 rings (SSSR count). The summed E-state index contributed by atoms with van der Waals surface area (Å²) in [5, 5.41) is 16.6. The minimum absolute atomic E-state index is 0.165. The lowest BCUT2D eigenvalue weighted by Crippen LogP contribution is -2.47. The number of halogens is 1. The van der Waals surface area contributed by atoms with Crippen molar-refractivity contribution in [3.05, 3.63) is 93.7 Å². The number of piperidine rings is 1. The lowest BCUT2D eigenvalue weighted by Gasteiger charge is -2.38. The Balaban J connectivity index is 1.14. The highest BCUT2D eigenvalue weighted by Gasteiger charge is 2.33. The van der Waals surface area contributed by atoms with E-state index in [1.54, 1.807) is 18.0 Å². The van der Waals surface area contributed by atoms with Gasteiger partial charge >= 0.3 is 0 Å². The van der Waals surface area contributed by atoms with Gasteiger partial charge in [-0.15, -0.1) is 0 Å². The fourth-order valence-electron chi connectivity index (χ4n) is 5.44. The van der Waals surface area contributed by atoms with E-state index in [4.69, 9.17) is 21.8 Å². The normalized spacial score (nSPS) is 15.6. The Bertz CT molecular complexity index is 1700. The third kappa shape index (κ3) is 5.09. The maximum Gasteiger partial charge on any atom is 0.281 e. The fraction of sp³-hybridized carbons (Fsp3) is 0.300. The smallest absolute Gasteiger partial charge is 0.281 e. The molecule has 1 aliphatic heterocycles. The molecule has 0 spiro atoms. The molecule has 10 heteroatoms. The molecule has 40 heavy (non-hydrogen) atoms. The largest absolute Gasteiger partial charge is 0.464 e. The number of furan rings is 1. The summed E-state index contributed by atoms with van der Waals surface area (Å²) in [7, 11) is 1.80. The topological polar surface area (TPSA) is 115 Å². The van der Waals surface area contributed by atoms with Gasteiger partial charge in [-0.25, -0.2) is 4.98 Å². The van der Waals surface area contributed by atoms with Crippen molar-refractivity contribution in [2.75, 3.05) is 13.1 Å². The van der Waals surface area contributed by atoms with E-state index in [-0.39, 0.29) is 17.6 Å². The number of aliphatic hydroxyl groups is 1. The van der Waals surface area contributed by atoms with Crippen molar-refractivity contribution >= 4 is 22.6 Å². The second-order valence-electron chi connectivity index (χ2n) is 10.5. The number of aromatic nitrogens is 4. The summed E-state index contributed by atoms with van der Waals surface area (Å²) in [6.45, 7) is 2.68. The Morgan fingerprint density at radius 2 is 1.82 bits per heavy atom. The first kappa shape index (κ1) is 26.5. The molecule has 0 amide bonds. The number of nitrogens with zero attached hydrogens (tertiary/aromatic N) is 5. The first-order valence-electron chi connectivity index (χ1n) is 13.3. The quantitative estimate of drug-likeness (QED) is 0.308. The SMILES string of the molecule is Cn1nc2c(=O)n(CC3(O)CCN(Cc4ccc(-c5ccco5)cc4Cl)CC3)cnc2c1-c1ccc(CN)cc1. The van der Waals surface area contributed by atoms with E-state index in [0.717, 1.165) is 33.7 Å². The minimum atomic E-state index is -1.02. The van der Waals surface area contributed by atoms with Crippen LogP contribution in [0.1, 0.15) is 24.0 Å². The molecule has 1 saturated heterocycles. The van der Waals surface area contributed by atoms with Crippen LogP contribution < -0.4 is 11.3 Å². The molecule has 1 aliphatic rings. The molecule has 3 aromatic heterocycles.